The summed E-state index contributed by atoms with van der Waals surface area (Å²) >= 11 is 3.19. The van der Waals surface area contributed by atoms with Crippen molar-refractivity contribution in [3.05, 3.63) is 52.1 Å². The number of anilines is 1. The summed E-state index contributed by atoms with van der Waals surface area (Å²) in [5.41, 5.74) is 0.00804. The number of fused-ring (bicyclic) bond motifs is 1. The average molecular weight is 510 g/mol. The predicted octanol–water partition coefficient (Wildman–Crippen LogP) is 2.56. The van der Waals surface area contributed by atoms with Crippen molar-refractivity contribution in [3.8, 4) is 0 Å². The molecule has 0 saturated carbocycles. The van der Waals surface area contributed by atoms with Crippen LogP contribution in [0.1, 0.15) is 20.8 Å². The number of nitrogens with one attached hydrogen (secondary N) is 1. The third-order valence-corrected chi connectivity index (χ3v) is 7.11. The Morgan fingerprint density at radius 2 is 1.87 bits per heavy atom. The Morgan fingerprint density at radius 1 is 1.13 bits per heavy atom. The zero-order valence-corrected chi connectivity index (χ0v) is 18.3. The van der Waals surface area contributed by atoms with Crippen molar-refractivity contribution in [1.82, 2.24) is 9.46 Å². The van der Waals surface area contributed by atoms with E-state index >= 15 is 0 Å². The lowest BCUT2D eigenvalue weighted by Crippen LogP contribution is -2.40. The lowest BCUT2D eigenvalue weighted by atomic mass is 10.1. The van der Waals surface area contributed by atoms with Crippen molar-refractivity contribution in [2.24, 2.45) is 0 Å². The highest BCUT2D eigenvalue weighted by Crippen LogP contribution is 2.27. The molecule has 3 aromatic rings. The summed E-state index contributed by atoms with van der Waals surface area (Å²) < 4.78 is 38.1. The first-order valence-electron chi connectivity index (χ1n) is 9.09. The van der Waals surface area contributed by atoms with Gasteiger partial charge >= 0.3 is 5.97 Å². The van der Waals surface area contributed by atoms with Gasteiger partial charge in [-0.05, 0) is 36.4 Å². The number of sulfonamides is 1. The summed E-state index contributed by atoms with van der Waals surface area (Å²) in [7, 11) is -3.79. The largest absolute Gasteiger partial charge is 0.478 e. The molecule has 1 fully saturated rings. The van der Waals surface area contributed by atoms with Gasteiger partial charge in [0.1, 0.15) is 0 Å². The number of carbonyl (C=O) groups excluding carboxylic acids is 1. The number of hydrogen-bond acceptors (Lipinski definition) is 7. The minimum absolute atomic E-state index is 0.00554. The number of ether oxygens (including phenoxy) is 1. The molecule has 1 aliphatic rings. The van der Waals surface area contributed by atoms with Gasteiger partial charge in [0, 0.05) is 17.6 Å². The summed E-state index contributed by atoms with van der Waals surface area (Å²) in [6.07, 6.45) is 0. The average Bonchev–Trinajstić information content (AvgIpc) is 3.19. The standard InChI is InChI=1S/C19H16BrN3O7S/c20-11-1-3-15(13(9-11)19(25)26)21-18(24)17-14-10-12(2-4-16(14)30-22-17)31(27,28)23-5-7-29-8-6-23/h1-4,9-10H,5-8H2,(H,21,24)(H,25,26). The van der Waals surface area contributed by atoms with Gasteiger partial charge in [-0.2, -0.15) is 4.31 Å². The number of carboxylic acid groups (broad SMARTS) is 1. The summed E-state index contributed by atoms with van der Waals surface area (Å²) in [5.74, 6) is -1.95. The van der Waals surface area contributed by atoms with E-state index in [1.54, 1.807) is 6.07 Å². The van der Waals surface area contributed by atoms with Gasteiger partial charge in [0.05, 0.1) is 34.7 Å². The van der Waals surface area contributed by atoms with Crippen molar-refractivity contribution in [2.75, 3.05) is 31.6 Å². The van der Waals surface area contributed by atoms with E-state index in [2.05, 4.69) is 26.4 Å². The van der Waals surface area contributed by atoms with Crippen LogP contribution < -0.4 is 5.32 Å². The first-order valence-corrected chi connectivity index (χ1v) is 11.3. The molecule has 2 N–H and O–H groups in total. The van der Waals surface area contributed by atoms with Crippen LogP contribution in [-0.4, -0.2) is 61.2 Å². The van der Waals surface area contributed by atoms with Crippen molar-refractivity contribution in [1.29, 1.82) is 0 Å². The Labute approximate surface area is 184 Å². The van der Waals surface area contributed by atoms with E-state index in [4.69, 9.17) is 9.26 Å². The van der Waals surface area contributed by atoms with Crippen LogP contribution in [0.2, 0.25) is 0 Å². The molecule has 31 heavy (non-hydrogen) atoms. The van der Waals surface area contributed by atoms with Crippen molar-refractivity contribution in [2.45, 2.75) is 4.90 Å². The van der Waals surface area contributed by atoms with Crippen LogP contribution >= 0.6 is 15.9 Å². The van der Waals surface area contributed by atoms with Crippen molar-refractivity contribution >= 4 is 54.5 Å². The molecule has 1 amide bonds. The highest BCUT2D eigenvalue weighted by molar-refractivity contribution is 9.10. The number of benzene rings is 2. The molecule has 1 aliphatic heterocycles. The number of aromatic nitrogens is 1. The molecule has 2 heterocycles. The van der Waals surface area contributed by atoms with Gasteiger partial charge in [0.15, 0.2) is 11.3 Å². The zero-order chi connectivity index (χ0) is 22.2. The smallest absolute Gasteiger partial charge is 0.337 e. The maximum absolute atomic E-state index is 12.9. The number of rotatable bonds is 5. The number of morpholine rings is 1. The van der Waals surface area contributed by atoms with E-state index < -0.39 is 21.9 Å². The molecule has 0 atom stereocenters. The molecule has 2 aromatic carbocycles. The maximum atomic E-state index is 12.9. The lowest BCUT2D eigenvalue weighted by molar-refractivity contribution is 0.0698. The fourth-order valence-corrected chi connectivity index (χ4v) is 4.96. The Balaban J connectivity index is 1.68. The fraction of sp³-hybridized carbons (Fsp3) is 0.211. The maximum Gasteiger partial charge on any atom is 0.337 e. The summed E-state index contributed by atoms with van der Waals surface area (Å²) in [6, 6.07) is 8.50. The van der Waals surface area contributed by atoms with E-state index in [9.17, 15) is 23.1 Å². The summed E-state index contributed by atoms with van der Waals surface area (Å²) in [6.45, 7) is 1.08. The van der Waals surface area contributed by atoms with Gasteiger partial charge in [-0.15, -0.1) is 0 Å². The number of halogens is 1. The Hall–Kier alpha value is -2.80. The third kappa shape index (κ3) is 4.19. The number of nitrogens with zero attached hydrogens (tertiary/aromatic N) is 2. The molecule has 12 heteroatoms. The summed E-state index contributed by atoms with van der Waals surface area (Å²) in [5, 5.41) is 15.8. The number of aromatic carboxylic acids is 1. The van der Waals surface area contributed by atoms with Gasteiger partial charge in [-0.1, -0.05) is 21.1 Å². The van der Waals surface area contributed by atoms with Crippen LogP contribution in [-0.2, 0) is 14.8 Å². The highest BCUT2D eigenvalue weighted by atomic mass is 79.9. The van der Waals surface area contributed by atoms with E-state index in [0.717, 1.165) is 0 Å². The Morgan fingerprint density at radius 3 is 2.58 bits per heavy atom. The molecule has 0 aliphatic carbocycles. The molecule has 162 valence electrons. The van der Waals surface area contributed by atoms with E-state index in [-0.39, 0.29) is 45.9 Å². The Bertz CT molecular complexity index is 1280. The second-order valence-electron chi connectivity index (χ2n) is 6.65. The first kappa shape index (κ1) is 21.4. The predicted molar refractivity (Wildman–Crippen MR) is 113 cm³/mol. The van der Waals surface area contributed by atoms with Crippen LogP contribution in [0.15, 0.2) is 50.3 Å². The van der Waals surface area contributed by atoms with Gasteiger partial charge < -0.3 is 19.7 Å². The molecule has 1 aromatic heterocycles. The number of carbonyl (C=O) groups is 2. The van der Waals surface area contributed by atoms with Crippen molar-refractivity contribution in [3.63, 3.8) is 0 Å². The van der Waals surface area contributed by atoms with E-state index in [1.165, 1.54) is 34.6 Å². The second kappa shape index (κ2) is 8.38. The van der Waals surface area contributed by atoms with Gasteiger partial charge in [-0.3, -0.25) is 4.79 Å². The van der Waals surface area contributed by atoms with Crippen LogP contribution in [0.5, 0.6) is 0 Å². The van der Waals surface area contributed by atoms with Crippen LogP contribution in [0.3, 0.4) is 0 Å². The van der Waals surface area contributed by atoms with Gasteiger partial charge in [0.25, 0.3) is 5.91 Å². The highest BCUT2D eigenvalue weighted by Gasteiger charge is 2.28. The van der Waals surface area contributed by atoms with E-state index in [0.29, 0.717) is 17.7 Å². The first-order chi connectivity index (χ1) is 14.8. The van der Waals surface area contributed by atoms with E-state index in [1.807, 2.05) is 0 Å². The zero-order valence-electron chi connectivity index (χ0n) is 15.9. The van der Waals surface area contributed by atoms with Gasteiger partial charge in [-0.25, -0.2) is 13.2 Å². The van der Waals surface area contributed by atoms with Gasteiger partial charge in [0.2, 0.25) is 10.0 Å². The molecular weight excluding hydrogens is 494 g/mol. The lowest BCUT2D eigenvalue weighted by Gasteiger charge is -2.26. The number of amides is 1. The quantitative estimate of drug-likeness (QED) is 0.534. The SMILES string of the molecule is O=C(O)c1cc(Br)ccc1NC(=O)c1noc2ccc(S(=O)(=O)N3CCOCC3)cc12. The molecule has 4 rings (SSSR count). The second-order valence-corrected chi connectivity index (χ2v) is 9.51. The van der Waals surface area contributed by atoms with Crippen LogP contribution in [0.25, 0.3) is 11.0 Å². The van der Waals surface area contributed by atoms with Crippen LogP contribution in [0.4, 0.5) is 5.69 Å². The Kier molecular flexibility index (Phi) is 5.79. The molecular formula is C19H16BrN3O7S. The van der Waals surface area contributed by atoms with Crippen molar-refractivity contribution < 1.29 is 32.4 Å². The normalized spacial score (nSPS) is 15.1. The van der Waals surface area contributed by atoms with Crippen LogP contribution in [0, 0.1) is 0 Å². The molecule has 0 radical (unpaired) electrons. The molecule has 0 unspecified atom stereocenters. The molecule has 10 nitrogen and oxygen atoms in total. The molecule has 0 spiro atoms. The number of carboxylic acids is 1. The monoisotopic (exact) mass is 509 g/mol. The third-order valence-electron chi connectivity index (χ3n) is 4.72. The summed E-state index contributed by atoms with van der Waals surface area (Å²) in [4.78, 5) is 24.3. The number of hydrogen-bond donors (Lipinski definition) is 2. The molecule has 0 bridgehead atoms. The minimum atomic E-state index is -3.79. The fourth-order valence-electron chi connectivity index (χ4n) is 3.16. The topological polar surface area (TPSA) is 139 Å². The molecule has 1 saturated heterocycles. The minimum Gasteiger partial charge on any atom is -0.478 e.